The summed E-state index contributed by atoms with van der Waals surface area (Å²) >= 11 is 0. The number of nitrogens with zero attached hydrogens (tertiary/aromatic N) is 3. The summed E-state index contributed by atoms with van der Waals surface area (Å²) in [6.07, 6.45) is 5.77. The zero-order valence-corrected chi connectivity index (χ0v) is 9.08. The molecule has 2 unspecified atom stereocenters. The molecule has 0 radical (unpaired) electrons. The molecule has 2 N–H and O–H groups in total. The topological polar surface area (TPSA) is 75.2 Å². The fourth-order valence-electron chi connectivity index (χ4n) is 2.59. The van der Waals surface area contributed by atoms with Crippen LogP contribution in [0, 0.1) is 0 Å². The van der Waals surface area contributed by atoms with E-state index >= 15 is 0 Å². The highest BCUT2D eigenvalue weighted by Gasteiger charge is 2.45. The molecular weight excluding hydrogens is 208 g/mol. The number of rotatable bonds is 1. The Morgan fingerprint density at radius 1 is 1.38 bits per heavy atom. The van der Waals surface area contributed by atoms with E-state index in [0.29, 0.717) is 13.2 Å². The van der Waals surface area contributed by atoms with Crippen molar-refractivity contribution < 1.29 is 9.47 Å². The zero-order chi connectivity index (χ0) is 11.0. The largest absolute Gasteiger partial charge is 0.347 e. The maximum Gasteiger partial charge on any atom is 0.170 e. The maximum absolute atomic E-state index is 6.12. The van der Waals surface area contributed by atoms with E-state index in [1.165, 1.54) is 6.33 Å². The molecule has 2 aliphatic rings. The van der Waals surface area contributed by atoms with E-state index in [1.807, 2.05) is 4.68 Å². The minimum absolute atomic E-state index is 0.0973. The summed E-state index contributed by atoms with van der Waals surface area (Å²) in [6.45, 7) is 1.36. The standard InChI is InChI=1S/C10H16N4O2/c11-8-1-2-10(15-3-4-16-10)5-9(8)14-7-12-6-13-14/h6-9H,1-5,11H2. The lowest BCUT2D eigenvalue weighted by Gasteiger charge is -2.39. The van der Waals surface area contributed by atoms with Crippen LogP contribution in [-0.4, -0.2) is 39.8 Å². The van der Waals surface area contributed by atoms with Gasteiger partial charge >= 0.3 is 0 Å². The predicted octanol–water partition coefficient (Wildman–Crippen LogP) is 0.0735. The number of nitrogens with two attached hydrogens (primary N) is 1. The molecule has 3 rings (SSSR count). The molecular formula is C10H16N4O2. The average molecular weight is 224 g/mol. The van der Waals surface area contributed by atoms with Gasteiger partial charge in [-0.05, 0) is 6.42 Å². The molecule has 1 saturated heterocycles. The van der Waals surface area contributed by atoms with Crippen molar-refractivity contribution in [3.8, 4) is 0 Å². The molecule has 1 aliphatic heterocycles. The van der Waals surface area contributed by atoms with Crippen LogP contribution >= 0.6 is 0 Å². The molecule has 1 aliphatic carbocycles. The molecule has 1 aromatic heterocycles. The minimum Gasteiger partial charge on any atom is -0.347 e. The van der Waals surface area contributed by atoms with Crippen molar-refractivity contribution in [3.05, 3.63) is 12.7 Å². The molecule has 2 atom stereocenters. The Hall–Kier alpha value is -0.980. The molecule has 2 fully saturated rings. The number of hydrogen-bond donors (Lipinski definition) is 1. The Kier molecular flexibility index (Phi) is 2.42. The average Bonchev–Trinajstić information content (AvgIpc) is 2.94. The van der Waals surface area contributed by atoms with Gasteiger partial charge in [-0.1, -0.05) is 0 Å². The molecule has 0 aromatic carbocycles. The summed E-state index contributed by atoms with van der Waals surface area (Å²) in [5.41, 5.74) is 6.12. The number of aromatic nitrogens is 3. The highest BCUT2D eigenvalue weighted by molar-refractivity contribution is 4.92. The van der Waals surface area contributed by atoms with Gasteiger partial charge in [0.15, 0.2) is 5.79 Å². The zero-order valence-electron chi connectivity index (χ0n) is 9.08. The molecule has 1 saturated carbocycles. The normalized spacial score (nSPS) is 33.3. The van der Waals surface area contributed by atoms with E-state index in [9.17, 15) is 0 Å². The fourth-order valence-corrected chi connectivity index (χ4v) is 2.59. The number of ether oxygens (including phenoxy) is 2. The van der Waals surface area contributed by atoms with Crippen LogP contribution in [0.25, 0.3) is 0 Å². The fraction of sp³-hybridized carbons (Fsp3) is 0.800. The molecule has 6 nitrogen and oxygen atoms in total. The van der Waals surface area contributed by atoms with Gasteiger partial charge in [0.1, 0.15) is 12.7 Å². The molecule has 6 heteroatoms. The quantitative estimate of drug-likeness (QED) is 0.730. The Bertz CT molecular complexity index is 348. The van der Waals surface area contributed by atoms with E-state index < -0.39 is 5.79 Å². The predicted molar refractivity (Wildman–Crippen MR) is 55.5 cm³/mol. The summed E-state index contributed by atoms with van der Waals surface area (Å²) in [4.78, 5) is 3.96. The van der Waals surface area contributed by atoms with Crippen LogP contribution in [0.2, 0.25) is 0 Å². The van der Waals surface area contributed by atoms with E-state index in [-0.39, 0.29) is 12.1 Å². The van der Waals surface area contributed by atoms with E-state index in [0.717, 1.165) is 19.3 Å². The van der Waals surface area contributed by atoms with Crippen LogP contribution in [0.4, 0.5) is 0 Å². The third-order valence-electron chi connectivity index (χ3n) is 3.46. The van der Waals surface area contributed by atoms with Crippen LogP contribution in [-0.2, 0) is 9.47 Å². The van der Waals surface area contributed by atoms with E-state index in [2.05, 4.69) is 10.1 Å². The van der Waals surface area contributed by atoms with Crippen LogP contribution in [0.5, 0.6) is 0 Å². The Balaban J connectivity index is 1.81. The van der Waals surface area contributed by atoms with Gasteiger partial charge in [-0.2, -0.15) is 5.10 Å². The molecule has 16 heavy (non-hydrogen) atoms. The first kappa shape index (κ1) is 10.2. The highest BCUT2D eigenvalue weighted by atomic mass is 16.7. The maximum atomic E-state index is 6.12. The molecule has 0 bridgehead atoms. The van der Waals surface area contributed by atoms with Crippen molar-refractivity contribution >= 4 is 0 Å². The van der Waals surface area contributed by atoms with Gasteiger partial charge < -0.3 is 15.2 Å². The van der Waals surface area contributed by atoms with Gasteiger partial charge in [0.2, 0.25) is 0 Å². The molecule has 2 heterocycles. The summed E-state index contributed by atoms with van der Waals surface area (Å²) in [5.74, 6) is -0.424. The minimum atomic E-state index is -0.424. The summed E-state index contributed by atoms with van der Waals surface area (Å²) in [6, 6.07) is 0.217. The second-order valence-corrected chi connectivity index (χ2v) is 4.46. The van der Waals surface area contributed by atoms with Gasteiger partial charge in [0.05, 0.1) is 19.3 Å². The van der Waals surface area contributed by atoms with Crippen molar-refractivity contribution in [2.45, 2.75) is 37.1 Å². The van der Waals surface area contributed by atoms with Crippen LogP contribution in [0.1, 0.15) is 25.3 Å². The van der Waals surface area contributed by atoms with E-state index in [4.69, 9.17) is 15.2 Å². The summed E-state index contributed by atoms with van der Waals surface area (Å²) in [7, 11) is 0. The molecule has 1 spiro atoms. The Morgan fingerprint density at radius 2 is 2.19 bits per heavy atom. The van der Waals surface area contributed by atoms with Crippen molar-refractivity contribution in [1.29, 1.82) is 0 Å². The Morgan fingerprint density at radius 3 is 2.88 bits per heavy atom. The summed E-state index contributed by atoms with van der Waals surface area (Å²) < 4.78 is 13.3. The lowest BCUT2D eigenvalue weighted by Crippen LogP contribution is -2.46. The third-order valence-corrected chi connectivity index (χ3v) is 3.46. The van der Waals surface area contributed by atoms with E-state index in [1.54, 1.807) is 6.33 Å². The first-order valence-electron chi connectivity index (χ1n) is 5.67. The van der Waals surface area contributed by atoms with Crippen molar-refractivity contribution in [3.63, 3.8) is 0 Å². The Labute approximate surface area is 93.7 Å². The second-order valence-electron chi connectivity index (χ2n) is 4.46. The first-order chi connectivity index (χ1) is 7.79. The second kappa shape index (κ2) is 3.80. The van der Waals surface area contributed by atoms with Crippen molar-refractivity contribution in [2.24, 2.45) is 5.73 Å². The van der Waals surface area contributed by atoms with Crippen molar-refractivity contribution in [2.75, 3.05) is 13.2 Å². The van der Waals surface area contributed by atoms with Gasteiger partial charge in [-0.25, -0.2) is 9.67 Å². The van der Waals surface area contributed by atoms with Crippen molar-refractivity contribution in [1.82, 2.24) is 14.8 Å². The van der Waals surface area contributed by atoms with Gasteiger partial charge in [-0.15, -0.1) is 0 Å². The first-order valence-corrected chi connectivity index (χ1v) is 5.67. The lowest BCUT2D eigenvalue weighted by molar-refractivity contribution is -0.188. The van der Waals surface area contributed by atoms with Gasteiger partial charge in [0.25, 0.3) is 0 Å². The number of hydrogen-bond acceptors (Lipinski definition) is 5. The van der Waals surface area contributed by atoms with Gasteiger partial charge in [0, 0.05) is 18.9 Å². The third kappa shape index (κ3) is 1.63. The molecule has 0 amide bonds. The molecule has 88 valence electrons. The highest BCUT2D eigenvalue weighted by Crippen LogP contribution is 2.39. The monoisotopic (exact) mass is 224 g/mol. The van der Waals surface area contributed by atoms with Crippen LogP contribution < -0.4 is 5.73 Å². The smallest absolute Gasteiger partial charge is 0.170 e. The van der Waals surface area contributed by atoms with Crippen LogP contribution in [0.15, 0.2) is 12.7 Å². The van der Waals surface area contributed by atoms with Gasteiger partial charge in [-0.3, -0.25) is 0 Å². The SMILES string of the molecule is NC1CCC2(CC1n1cncn1)OCCO2. The van der Waals surface area contributed by atoms with Crippen LogP contribution in [0.3, 0.4) is 0 Å². The molecule has 1 aromatic rings. The lowest BCUT2D eigenvalue weighted by atomic mass is 9.86. The summed E-state index contributed by atoms with van der Waals surface area (Å²) in [5, 5.41) is 4.16.